The third-order valence-electron chi connectivity index (χ3n) is 7.00. The number of piperidine rings is 1. The van der Waals surface area contributed by atoms with Crippen molar-refractivity contribution in [3.05, 3.63) is 63.6 Å². The first-order chi connectivity index (χ1) is 16.3. The van der Waals surface area contributed by atoms with Crippen molar-refractivity contribution in [1.82, 2.24) is 13.8 Å². The van der Waals surface area contributed by atoms with Crippen LogP contribution >= 0.6 is 10.8 Å². The fourth-order valence-corrected chi connectivity index (χ4v) is 6.96. The first-order valence-corrected chi connectivity index (χ1v) is 13.3. The van der Waals surface area contributed by atoms with Crippen molar-refractivity contribution in [2.45, 2.75) is 50.5 Å². The third kappa shape index (κ3) is 3.96. The van der Waals surface area contributed by atoms with Crippen molar-refractivity contribution < 1.29 is 18.3 Å². The van der Waals surface area contributed by atoms with Gasteiger partial charge in [-0.2, -0.15) is 0 Å². The molecule has 1 amide bonds. The van der Waals surface area contributed by atoms with Gasteiger partial charge in [-0.1, -0.05) is 29.0 Å². The standard InChI is InChI=1S/C25H31N3O5S/c1-17-15-18(2)23-21(16-17)28(25(30)33-23)19-9-13-26(14-10-19)11-5-6-12-27-24(29)20-7-3-4-8-22(20)34(27,31)32/h3-4,7-8,15-16,19,31-32H,5-6,9-14H2,1-2H3. The number of fused-ring (bicyclic) bond motifs is 2. The predicted molar refractivity (Wildman–Crippen MR) is 132 cm³/mol. The fourth-order valence-electron chi connectivity index (χ4n) is 5.30. The summed E-state index contributed by atoms with van der Waals surface area (Å²) in [5, 5.41) is 0. The molecule has 182 valence electrons. The van der Waals surface area contributed by atoms with Crippen molar-refractivity contribution in [3.63, 3.8) is 0 Å². The maximum absolute atomic E-state index is 12.6. The number of hydrogen-bond donors (Lipinski definition) is 2. The lowest BCUT2D eigenvalue weighted by Crippen LogP contribution is -2.37. The Morgan fingerprint density at radius 3 is 2.47 bits per heavy atom. The number of aromatic nitrogens is 1. The first-order valence-electron chi connectivity index (χ1n) is 11.8. The lowest BCUT2D eigenvalue weighted by Gasteiger charge is -2.37. The largest absolute Gasteiger partial charge is 0.420 e. The van der Waals surface area contributed by atoms with Gasteiger partial charge in [-0.05, 0) is 75.4 Å². The van der Waals surface area contributed by atoms with Crippen LogP contribution in [-0.4, -0.2) is 55.0 Å². The number of oxazole rings is 1. The Bertz CT molecular complexity index is 1290. The highest BCUT2D eigenvalue weighted by Gasteiger charge is 2.40. The van der Waals surface area contributed by atoms with E-state index in [9.17, 15) is 18.7 Å². The Kier molecular flexibility index (Phi) is 6.05. The van der Waals surface area contributed by atoms with Crippen LogP contribution in [0.15, 0.2) is 50.5 Å². The van der Waals surface area contributed by atoms with Crippen LogP contribution < -0.4 is 5.76 Å². The van der Waals surface area contributed by atoms with E-state index in [1.165, 1.54) is 4.31 Å². The zero-order chi connectivity index (χ0) is 24.0. The second-order valence-corrected chi connectivity index (χ2v) is 11.3. The number of hydrogen-bond acceptors (Lipinski definition) is 6. The van der Waals surface area contributed by atoms with Gasteiger partial charge in [0.25, 0.3) is 5.91 Å². The van der Waals surface area contributed by atoms with Crippen LogP contribution in [0.2, 0.25) is 0 Å². The molecule has 0 unspecified atom stereocenters. The van der Waals surface area contributed by atoms with E-state index in [1.807, 2.05) is 30.5 Å². The van der Waals surface area contributed by atoms with E-state index < -0.39 is 10.8 Å². The summed E-state index contributed by atoms with van der Waals surface area (Å²) in [6, 6.07) is 10.9. The minimum absolute atomic E-state index is 0.125. The van der Waals surface area contributed by atoms with Crippen LogP contribution in [0.4, 0.5) is 0 Å². The van der Waals surface area contributed by atoms with Gasteiger partial charge in [0.15, 0.2) is 5.58 Å². The van der Waals surface area contributed by atoms with Gasteiger partial charge in [0, 0.05) is 25.7 Å². The molecule has 2 N–H and O–H groups in total. The zero-order valence-electron chi connectivity index (χ0n) is 19.6. The highest BCUT2D eigenvalue weighted by Crippen LogP contribution is 2.58. The molecule has 8 nitrogen and oxygen atoms in total. The molecule has 1 saturated heterocycles. The Balaban J connectivity index is 1.14. The molecule has 1 aromatic heterocycles. The Morgan fingerprint density at radius 1 is 1.03 bits per heavy atom. The maximum Gasteiger partial charge on any atom is 0.420 e. The molecular weight excluding hydrogens is 454 g/mol. The average Bonchev–Trinajstić information content (AvgIpc) is 3.23. The molecule has 5 rings (SSSR count). The second-order valence-electron chi connectivity index (χ2n) is 9.37. The number of amides is 1. The minimum atomic E-state index is -3.23. The van der Waals surface area contributed by atoms with Crippen molar-refractivity contribution >= 4 is 27.8 Å². The molecular formula is C25H31N3O5S. The van der Waals surface area contributed by atoms with Gasteiger partial charge in [-0.15, -0.1) is 0 Å². The lowest BCUT2D eigenvalue weighted by molar-refractivity contribution is 0.0859. The Labute approximate surface area is 200 Å². The average molecular weight is 486 g/mol. The summed E-state index contributed by atoms with van der Waals surface area (Å²) in [6.07, 6.45) is 3.30. The molecule has 0 aliphatic carbocycles. The van der Waals surface area contributed by atoms with E-state index in [0.717, 1.165) is 55.5 Å². The number of rotatable bonds is 6. The summed E-state index contributed by atoms with van der Waals surface area (Å²) in [5.41, 5.74) is 4.06. The van der Waals surface area contributed by atoms with Crippen LogP contribution in [0.1, 0.15) is 53.2 Å². The number of carbonyl (C=O) groups excluding carboxylic acids is 1. The summed E-state index contributed by atoms with van der Waals surface area (Å²) >= 11 is 0. The van der Waals surface area contributed by atoms with Gasteiger partial charge in [-0.25, -0.2) is 9.10 Å². The molecule has 0 bridgehead atoms. The maximum atomic E-state index is 12.6. The number of unbranched alkanes of at least 4 members (excludes halogenated alkanes) is 1. The third-order valence-corrected chi connectivity index (χ3v) is 8.91. The summed E-state index contributed by atoms with van der Waals surface area (Å²) in [5.74, 6) is -0.586. The van der Waals surface area contributed by atoms with Crippen LogP contribution in [0.25, 0.3) is 11.1 Å². The van der Waals surface area contributed by atoms with Gasteiger partial charge in [-0.3, -0.25) is 18.5 Å². The molecule has 3 aromatic rings. The number of benzene rings is 2. The minimum Gasteiger partial charge on any atom is -0.407 e. The quantitative estimate of drug-likeness (QED) is 0.486. The van der Waals surface area contributed by atoms with Gasteiger partial charge in [0.05, 0.1) is 16.0 Å². The van der Waals surface area contributed by atoms with E-state index in [1.54, 1.807) is 24.3 Å². The van der Waals surface area contributed by atoms with E-state index in [-0.39, 0.29) is 17.7 Å². The van der Waals surface area contributed by atoms with E-state index in [2.05, 4.69) is 4.90 Å². The smallest absolute Gasteiger partial charge is 0.407 e. The second kappa shape index (κ2) is 8.88. The van der Waals surface area contributed by atoms with Crippen molar-refractivity contribution in [3.8, 4) is 0 Å². The summed E-state index contributed by atoms with van der Waals surface area (Å²) in [4.78, 5) is 27.9. The molecule has 0 saturated carbocycles. The highest BCUT2D eigenvalue weighted by atomic mass is 32.3. The molecule has 0 spiro atoms. The van der Waals surface area contributed by atoms with Crippen LogP contribution in [0.3, 0.4) is 0 Å². The Morgan fingerprint density at radius 2 is 1.74 bits per heavy atom. The van der Waals surface area contributed by atoms with Crippen LogP contribution in [0.5, 0.6) is 0 Å². The van der Waals surface area contributed by atoms with Crippen LogP contribution in [-0.2, 0) is 0 Å². The molecule has 1 fully saturated rings. The molecule has 9 heteroatoms. The summed E-state index contributed by atoms with van der Waals surface area (Å²) in [7, 11) is -3.23. The zero-order valence-corrected chi connectivity index (χ0v) is 20.4. The normalized spacial score (nSPS) is 19.6. The Hall–Kier alpha value is -2.59. The van der Waals surface area contributed by atoms with Gasteiger partial charge in [0.2, 0.25) is 0 Å². The molecule has 2 aliphatic heterocycles. The van der Waals surface area contributed by atoms with Crippen LogP contribution in [0, 0.1) is 13.8 Å². The van der Waals surface area contributed by atoms with Gasteiger partial charge in [0.1, 0.15) is 0 Å². The fraction of sp³-hybridized carbons (Fsp3) is 0.440. The van der Waals surface area contributed by atoms with Crippen molar-refractivity contribution in [2.75, 3.05) is 26.2 Å². The van der Waals surface area contributed by atoms with Gasteiger partial charge >= 0.3 is 5.76 Å². The van der Waals surface area contributed by atoms with E-state index in [4.69, 9.17) is 4.42 Å². The molecule has 2 aromatic carbocycles. The van der Waals surface area contributed by atoms with E-state index in [0.29, 0.717) is 29.0 Å². The molecule has 0 radical (unpaired) electrons. The number of nitrogens with zero attached hydrogens (tertiary/aromatic N) is 3. The topological polar surface area (TPSA) is 99.2 Å². The lowest BCUT2D eigenvalue weighted by atomic mass is 10.0. The highest BCUT2D eigenvalue weighted by molar-refractivity contribution is 8.23. The predicted octanol–water partition coefficient (Wildman–Crippen LogP) is 4.81. The molecule has 34 heavy (non-hydrogen) atoms. The molecule has 2 aliphatic rings. The molecule has 3 heterocycles. The van der Waals surface area contributed by atoms with Gasteiger partial charge < -0.3 is 9.32 Å². The first kappa shape index (κ1) is 23.2. The summed E-state index contributed by atoms with van der Waals surface area (Å²) < 4.78 is 29.8. The summed E-state index contributed by atoms with van der Waals surface area (Å²) in [6.45, 7) is 6.97. The SMILES string of the molecule is Cc1cc(C)c2oc(=O)n(C3CCN(CCCCN4C(=O)c5ccccc5S4(O)O)CC3)c2c1. The van der Waals surface area contributed by atoms with Crippen molar-refractivity contribution in [2.24, 2.45) is 0 Å². The molecule has 0 atom stereocenters. The van der Waals surface area contributed by atoms with E-state index >= 15 is 0 Å². The number of aryl methyl sites for hydroxylation is 2. The monoisotopic (exact) mass is 485 g/mol. The number of likely N-dealkylation sites (tertiary alicyclic amines) is 1. The number of carbonyl (C=O) groups is 1. The van der Waals surface area contributed by atoms with Crippen molar-refractivity contribution in [1.29, 1.82) is 0 Å².